The molecule has 2 aromatic rings. The van der Waals surface area contributed by atoms with Crippen LogP contribution in [0.4, 0.5) is 0 Å². The van der Waals surface area contributed by atoms with E-state index in [1.807, 2.05) is 24.3 Å². The fourth-order valence-corrected chi connectivity index (χ4v) is 2.13. The van der Waals surface area contributed by atoms with Crippen molar-refractivity contribution in [1.29, 1.82) is 0 Å². The second kappa shape index (κ2) is 4.37. The van der Waals surface area contributed by atoms with Gasteiger partial charge in [0.15, 0.2) is 5.82 Å². The van der Waals surface area contributed by atoms with Crippen molar-refractivity contribution in [2.45, 2.75) is 12.3 Å². The molecule has 0 amide bonds. The number of hydrogen-bond acceptors (Lipinski definition) is 4. The summed E-state index contributed by atoms with van der Waals surface area (Å²) >= 11 is 5.63. The largest absolute Gasteiger partial charge is 0.492 e. The van der Waals surface area contributed by atoms with Gasteiger partial charge in [0.05, 0.1) is 5.92 Å². The predicted molar refractivity (Wildman–Crippen MR) is 62.5 cm³/mol. The summed E-state index contributed by atoms with van der Waals surface area (Å²) in [6.45, 7) is 0.569. The van der Waals surface area contributed by atoms with E-state index in [0.29, 0.717) is 30.6 Å². The summed E-state index contributed by atoms with van der Waals surface area (Å²) in [5, 5.41) is 3.99. The molecule has 1 aromatic carbocycles. The Hall–Kier alpha value is -1.55. The molecule has 0 N–H and O–H groups in total. The van der Waals surface area contributed by atoms with E-state index in [0.717, 1.165) is 11.3 Å². The number of benzene rings is 1. The second-order valence-corrected chi connectivity index (χ2v) is 4.26. The first kappa shape index (κ1) is 10.6. The number of aryl methyl sites for hydroxylation is 1. The molecule has 0 spiro atoms. The molecule has 0 radical (unpaired) electrons. The van der Waals surface area contributed by atoms with Crippen molar-refractivity contribution in [2.75, 3.05) is 12.5 Å². The Balaban J connectivity index is 1.90. The van der Waals surface area contributed by atoms with Crippen molar-refractivity contribution in [3.8, 4) is 5.75 Å². The third-order valence-corrected chi connectivity index (χ3v) is 2.99. The molecule has 1 atom stereocenters. The van der Waals surface area contributed by atoms with Crippen LogP contribution in [0.15, 0.2) is 28.8 Å². The number of fused-ring (bicyclic) bond motifs is 1. The van der Waals surface area contributed by atoms with Gasteiger partial charge in [0, 0.05) is 17.9 Å². The summed E-state index contributed by atoms with van der Waals surface area (Å²) in [5.41, 5.74) is 1.12. The minimum atomic E-state index is 0.0685. The Labute approximate surface area is 104 Å². The monoisotopic (exact) mass is 250 g/mol. The highest BCUT2D eigenvalue weighted by Crippen LogP contribution is 2.36. The molecule has 0 saturated heterocycles. The molecule has 0 fully saturated rings. The molecular weight excluding hydrogens is 240 g/mol. The number of aromatic nitrogens is 2. The fourth-order valence-electron chi connectivity index (χ4n) is 1.97. The fraction of sp³-hybridized carbons (Fsp3) is 0.333. The zero-order valence-electron chi connectivity index (χ0n) is 9.10. The number of rotatable bonds is 3. The van der Waals surface area contributed by atoms with Gasteiger partial charge in [-0.05, 0) is 6.07 Å². The number of hydrogen-bond donors (Lipinski definition) is 0. The van der Waals surface area contributed by atoms with Crippen LogP contribution in [0.1, 0.15) is 23.2 Å². The Kier molecular flexibility index (Phi) is 2.73. The Morgan fingerprint density at radius 2 is 2.24 bits per heavy atom. The van der Waals surface area contributed by atoms with Gasteiger partial charge in [0.25, 0.3) is 0 Å². The van der Waals surface area contributed by atoms with E-state index in [-0.39, 0.29) is 5.92 Å². The van der Waals surface area contributed by atoms with Crippen molar-refractivity contribution >= 4 is 11.6 Å². The molecular formula is C12H11ClN2O2. The van der Waals surface area contributed by atoms with Gasteiger partial charge in [0.1, 0.15) is 12.4 Å². The average molecular weight is 251 g/mol. The third-order valence-electron chi connectivity index (χ3n) is 2.80. The van der Waals surface area contributed by atoms with E-state index in [1.165, 1.54) is 0 Å². The van der Waals surface area contributed by atoms with E-state index in [2.05, 4.69) is 10.1 Å². The van der Waals surface area contributed by atoms with Crippen molar-refractivity contribution in [3.63, 3.8) is 0 Å². The van der Waals surface area contributed by atoms with Crippen LogP contribution in [-0.2, 0) is 6.42 Å². The summed E-state index contributed by atoms with van der Waals surface area (Å²) in [6.07, 6.45) is 0.601. The van der Waals surface area contributed by atoms with Crippen LogP contribution in [0.2, 0.25) is 0 Å². The molecule has 0 aliphatic carbocycles. The normalized spacial score (nSPS) is 17.8. The SMILES string of the molecule is ClCCc1nc(C2COc3ccccc32)no1. The van der Waals surface area contributed by atoms with E-state index >= 15 is 0 Å². The van der Waals surface area contributed by atoms with Gasteiger partial charge in [-0.3, -0.25) is 0 Å². The standard InChI is InChI=1S/C12H11ClN2O2/c13-6-5-11-14-12(15-17-11)9-7-16-10-4-2-1-3-8(9)10/h1-4,9H,5-7H2. The van der Waals surface area contributed by atoms with Crippen LogP contribution in [0.3, 0.4) is 0 Å². The Morgan fingerprint density at radius 3 is 3.12 bits per heavy atom. The lowest BCUT2D eigenvalue weighted by Crippen LogP contribution is -2.04. The third kappa shape index (κ3) is 1.89. The lowest BCUT2D eigenvalue weighted by molar-refractivity contribution is 0.332. The van der Waals surface area contributed by atoms with Gasteiger partial charge in [-0.2, -0.15) is 4.98 Å². The quantitative estimate of drug-likeness (QED) is 0.785. The van der Waals surface area contributed by atoms with Gasteiger partial charge in [-0.15, -0.1) is 11.6 Å². The first-order valence-corrected chi connectivity index (χ1v) is 6.02. The number of ether oxygens (including phenoxy) is 1. The molecule has 0 bridgehead atoms. The number of halogens is 1. The average Bonchev–Trinajstić information content (AvgIpc) is 2.95. The van der Waals surface area contributed by atoms with Gasteiger partial charge < -0.3 is 9.26 Å². The van der Waals surface area contributed by atoms with Crippen LogP contribution in [0.5, 0.6) is 5.75 Å². The van der Waals surface area contributed by atoms with Crippen molar-refractivity contribution < 1.29 is 9.26 Å². The Bertz CT molecular complexity index is 527. The first-order chi connectivity index (χ1) is 8.38. The molecule has 2 heterocycles. The van der Waals surface area contributed by atoms with Crippen LogP contribution in [0.25, 0.3) is 0 Å². The van der Waals surface area contributed by atoms with E-state index < -0.39 is 0 Å². The first-order valence-electron chi connectivity index (χ1n) is 5.48. The van der Waals surface area contributed by atoms with Gasteiger partial charge in [-0.1, -0.05) is 23.4 Å². The van der Waals surface area contributed by atoms with E-state index in [9.17, 15) is 0 Å². The summed E-state index contributed by atoms with van der Waals surface area (Å²) in [4.78, 5) is 4.34. The number of para-hydroxylation sites is 1. The highest BCUT2D eigenvalue weighted by Gasteiger charge is 2.29. The maximum Gasteiger partial charge on any atom is 0.227 e. The predicted octanol–water partition coefficient (Wildman–Crippen LogP) is 2.38. The minimum Gasteiger partial charge on any atom is -0.492 e. The van der Waals surface area contributed by atoms with Crippen LogP contribution in [0, 0.1) is 0 Å². The summed E-state index contributed by atoms with van der Waals surface area (Å²) < 4.78 is 10.7. The summed E-state index contributed by atoms with van der Waals surface area (Å²) in [7, 11) is 0. The van der Waals surface area contributed by atoms with E-state index in [4.69, 9.17) is 20.9 Å². The van der Waals surface area contributed by atoms with Crippen LogP contribution in [-0.4, -0.2) is 22.6 Å². The molecule has 1 aliphatic rings. The van der Waals surface area contributed by atoms with Crippen molar-refractivity contribution in [3.05, 3.63) is 41.5 Å². The molecule has 17 heavy (non-hydrogen) atoms. The van der Waals surface area contributed by atoms with Gasteiger partial charge in [-0.25, -0.2) is 0 Å². The Morgan fingerprint density at radius 1 is 1.35 bits per heavy atom. The minimum absolute atomic E-state index is 0.0685. The summed E-state index contributed by atoms with van der Waals surface area (Å²) in [5.74, 6) is 2.72. The smallest absolute Gasteiger partial charge is 0.227 e. The van der Waals surface area contributed by atoms with E-state index in [1.54, 1.807) is 0 Å². The zero-order valence-corrected chi connectivity index (χ0v) is 9.85. The van der Waals surface area contributed by atoms with Gasteiger partial charge in [0.2, 0.25) is 5.89 Å². The van der Waals surface area contributed by atoms with Crippen LogP contribution < -0.4 is 4.74 Å². The molecule has 1 unspecified atom stereocenters. The second-order valence-electron chi connectivity index (χ2n) is 3.89. The number of nitrogens with zero attached hydrogens (tertiary/aromatic N) is 2. The zero-order chi connectivity index (χ0) is 11.7. The summed E-state index contributed by atoms with van der Waals surface area (Å²) in [6, 6.07) is 7.93. The number of alkyl halides is 1. The maximum atomic E-state index is 5.63. The van der Waals surface area contributed by atoms with Crippen molar-refractivity contribution in [1.82, 2.24) is 10.1 Å². The molecule has 1 aromatic heterocycles. The molecule has 0 saturated carbocycles. The van der Waals surface area contributed by atoms with Crippen molar-refractivity contribution in [2.24, 2.45) is 0 Å². The topological polar surface area (TPSA) is 48.2 Å². The highest BCUT2D eigenvalue weighted by atomic mass is 35.5. The van der Waals surface area contributed by atoms with Crippen LogP contribution >= 0.6 is 11.6 Å². The lowest BCUT2D eigenvalue weighted by atomic mass is 10.0. The molecule has 88 valence electrons. The maximum absolute atomic E-state index is 5.63. The van der Waals surface area contributed by atoms with Gasteiger partial charge >= 0.3 is 0 Å². The molecule has 3 rings (SSSR count). The lowest BCUT2D eigenvalue weighted by Gasteiger charge is -2.01. The molecule has 1 aliphatic heterocycles. The molecule has 4 nitrogen and oxygen atoms in total. The molecule has 5 heteroatoms. The highest BCUT2D eigenvalue weighted by molar-refractivity contribution is 6.17.